The van der Waals surface area contributed by atoms with E-state index in [1.54, 1.807) is 12.1 Å². The Labute approximate surface area is 149 Å². The van der Waals surface area contributed by atoms with Gasteiger partial charge in [-0.1, -0.05) is 23.2 Å². The van der Waals surface area contributed by atoms with Gasteiger partial charge in [-0.3, -0.25) is 9.59 Å². The Morgan fingerprint density at radius 1 is 1.29 bits per heavy atom. The Kier molecular flexibility index (Phi) is 4.90. The molecule has 1 aromatic rings. The van der Waals surface area contributed by atoms with Gasteiger partial charge in [0.25, 0.3) is 0 Å². The van der Waals surface area contributed by atoms with Crippen molar-refractivity contribution >= 4 is 40.8 Å². The lowest BCUT2D eigenvalue weighted by Crippen LogP contribution is -2.55. The van der Waals surface area contributed by atoms with Crippen molar-refractivity contribution in [2.24, 2.45) is 0 Å². The van der Waals surface area contributed by atoms with Gasteiger partial charge in [0, 0.05) is 41.6 Å². The van der Waals surface area contributed by atoms with Crippen LogP contribution in [0.15, 0.2) is 12.1 Å². The molecule has 2 aliphatic rings. The number of halogens is 2. The number of ether oxygens (including phenoxy) is 3. The number of carbonyl (C=O) groups is 2. The van der Waals surface area contributed by atoms with Gasteiger partial charge in [0.2, 0.25) is 0 Å². The minimum absolute atomic E-state index is 0.00248. The molecule has 0 amide bonds. The summed E-state index contributed by atoms with van der Waals surface area (Å²) in [6.45, 7) is 2.65. The second-order valence-electron chi connectivity index (χ2n) is 5.88. The van der Waals surface area contributed by atoms with Crippen molar-refractivity contribution in [1.82, 2.24) is 0 Å². The molecule has 3 rings (SSSR count). The summed E-state index contributed by atoms with van der Waals surface area (Å²) in [7, 11) is 0. The van der Waals surface area contributed by atoms with Crippen LogP contribution in [0.2, 0.25) is 10.0 Å². The van der Waals surface area contributed by atoms with Crippen LogP contribution < -0.4 is 5.32 Å². The lowest BCUT2D eigenvalue weighted by Gasteiger charge is -2.45. The maximum atomic E-state index is 11.5. The topological polar surface area (TPSA) is 73.9 Å². The van der Waals surface area contributed by atoms with Crippen LogP contribution in [-0.2, 0) is 23.8 Å². The van der Waals surface area contributed by atoms with Crippen LogP contribution in [0.5, 0.6) is 0 Å². The average molecular weight is 374 g/mol. The summed E-state index contributed by atoms with van der Waals surface area (Å²) in [5.41, 5.74) is 1.57. The van der Waals surface area contributed by atoms with Gasteiger partial charge in [0.15, 0.2) is 6.10 Å². The first-order valence-corrected chi connectivity index (χ1v) is 8.32. The fourth-order valence-electron chi connectivity index (χ4n) is 3.21. The van der Waals surface area contributed by atoms with Crippen molar-refractivity contribution < 1.29 is 23.8 Å². The van der Waals surface area contributed by atoms with Gasteiger partial charge in [0.05, 0.1) is 12.1 Å². The van der Waals surface area contributed by atoms with E-state index in [4.69, 9.17) is 37.4 Å². The summed E-state index contributed by atoms with van der Waals surface area (Å²) in [4.78, 5) is 22.6. The molecule has 2 bridgehead atoms. The van der Waals surface area contributed by atoms with E-state index in [2.05, 4.69) is 5.32 Å². The molecule has 2 aliphatic heterocycles. The Morgan fingerprint density at radius 3 is 2.71 bits per heavy atom. The molecular weight excluding hydrogens is 357 g/mol. The Morgan fingerprint density at radius 2 is 2.04 bits per heavy atom. The fourth-order valence-corrected chi connectivity index (χ4v) is 3.82. The van der Waals surface area contributed by atoms with Crippen LogP contribution in [0.1, 0.15) is 31.9 Å². The van der Waals surface area contributed by atoms with Gasteiger partial charge in [-0.15, -0.1) is 0 Å². The van der Waals surface area contributed by atoms with E-state index in [0.29, 0.717) is 16.5 Å². The number of esters is 2. The minimum atomic E-state index is -0.580. The maximum absolute atomic E-state index is 11.5. The molecule has 0 radical (unpaired) electrons. The van der Waals surface area contributed by atoms with Crippen molar-refractivity contribution in [3.05, 3.63) is 27.7 Å². The normalized spacial score (nSPS) is 27.7. The summed E-state index contributed by atoms with van der Waals surface area (Å²) in [6.07, 6.45) is -0.857. The highest BCUT2D eigenvalue weighted by Gasteiger charge is 2.46. The molecule has 0 unspecified atom stereocenters. The highest BCUT2D eigenvalue weighted by molar-refractivity contribution is 6.35. The quantitative estimate of drug-likeness (QED) is 0.820. The molecule has 0 saturated carbocycles. The van der Waals surface area contributed by atoms with Gasteiger partial charge in [-0.2, -0.15) is 0 Å². The van der Waals surface area contributed by atoms with Crippen LogP contribution in [0, 0.1) is 0 Å². The van der Waals surface area contributed by atoms with Gasteiger partial charge < -0.3 is 19.5 Å². The number of carbonyl (C=O) groups excluding carboxylic acids is 2. The minimum Gasteiger partial charge on any atom is -0.463 e. The van der Waals surface area contributed by atoms with Crippen molar-refractivity contribution in [2.45, 2.75) is 44.6 Å². The zero-order valence-corrected chi connectivity index (χ0v) is 14.7. The summed E-state index contributed by atoms with van der Waals surface area (Å²) in [5, 5.41) is 4.33. The average Bonchev–Trinajstić information content (AvgIpc) is 2.46. The summed E-state index contributed by atoms with van der Waals surface area (Å²) < 4.78 is 16.5. The maximum Gasteiger partial charge on any atom is 0.303 e. The van der Waals surface area contributed by atoms with Gasteiger partial charge >= 0.3 is 11.9 Å². The molecule has 130 valence electrons. The van der Waals surface area contributed by atoms with Crippen LogP contribution in [0.3, 0.4) is 0 Å². The van der Waals surface area contributed by atoms with E-state index >= 15 is 0 Å². The number of benzene rings is 1. The highest BCUT2D eigenvalue weighted by atomic mass is 35.5. The largest absolute Gasteiger partial charge is 0.463 e. The first-order chi connectivity index (χ1) is 11.3. The van der Waals surface area contributed by atoms with Crippen molar-refractivity contribution in [3.8, 4) is 0 Å². The summed E-state index contributed by atoms with van der Waals surface area (Å²) >= 11 is 12.4. The smallest absolute Gasteiger partial charge is 0.303 e. The van der Waals surface area contributed by atoms with Crippen molar-refractivity contribution in [2.75, 3.05) is 11.9 Å². The third-order valence-electron chi connectivity index (χ3n) is 4.08. The predicted molar refractivity (Wildman–Crippen MR) is 88.3 cm³/mol. The summed E-state index contributed by atoms with van der Waals surface area (Å²) in [6, 6.07) is 3.24. The number of rotatable bonds is 3. The molecule has 1 N–H and O–H groups in total. The molecule has 24 heavy (non-hydrogen) atoms. The number of nitrogens with one attached hydrogen (secondary N) is 1. The first-order valence-electron chi connectivity index (χ1n) is 7.56. The van der Waals surface area contributed by atoms with Crippen molar-refractivity contribution in [3.63, 3.8) is 0 Å². The Bertz CT molecular complexity index is 681. The van der Waals surface area contributed by atoms with Crippen molar-refractivity contribution in [1.29, 1.82) is 0 Å². The fraction of sp³-hybridized carbons (Fsp3) is 0.500. The van der Waals surface area contributed by atoms with E-state index in [1.807, 2.05) is 0 Å². The third kappa shape index (κ3) is 3.45. The van der Waals surface area contributed by atoms with E-state index in [-0.39, 0.29) is 18.8 Å². The van der Waals surface area contributed by atoms with E-state index in [0.717, 1.165) is 11.3 Å². The second kappa shape index (κ2) is 6.78. The van der Waals surface area contributed by atoms with Crippen LogP contribution in [0.4, 0.5) is 5.69 Å². The van der Waals surface area contributed by atoms with Gasteiger partial charge in [-0.05, 0) is 12.1 Å². The molecule has 4 atom stereocenters. The number of hydrogen-bond donors (Lipinski definition) is 1. The molecule has 6 nitrogen and oxygen atoms in total. The lowest BCUT2D eigenvalue weighted by atomic mass is 9.87. The van der Waals surface area contributed by atoms with E-state index in [9.17, 15) is 9.59 Å². The van der Waals surface area contributed by atoms with Crippen LogP contribution in [0.25, 0.3) is 0 Å². The lowest BCUT2D eigenvalue weighted by molar-refractivity contribution is -0.185. The Balaban J connectivity index is 1.91. The Hall–Kier alpha value is -1.50. The standard InChI is InChI=1S/C16H17Cl2NO5/c1-7(20)22-6-14-16(23-8(2)21)12-5-13(24-14)15-10(18)3-9(17)4-11(15)19-12/h3-4,12-14,16,19H,5-6H2,1-2H3/t12-,13-,14+,16-/m0/s1. The second-order valence-corrected chi connectivity index (χ2v) is 6.72. The molecule has 1 saturated heterocycles. The number of hydrogen-bond acceptors (Lipinski definition) is 6. The zero-order valence-electron chi connectivity index (χ0n) is 13.2. The van der Waals surface area contributed by atoms with E-state index < -0.39 is 24.1 Å². The zero-order chi connectivity index (χ0) is 17.4. The number of anilines is 1. The third-order valence-corrected chi connectivity index (χ3v) is 4.61. The molecule has 2 heterocycles. The van der Waals surface area contributed by atoms with Crippen LogP contribution in [-0.4, -0.2) is 36.8 Å². The molecule has 0 aromatic heterocycles. The molecular formula is C16H17Cl2NO5. The molecule has 0 aliphatic carbocycles. The first kappa shape index (κ1) is 17.3. The summed E-state index contributed by atoms with van der Waals surface area (Å²) in [5.74, 6) is -0.847. The van der Waals surface area contributed by atoms with Crippen LogP contribution >= 0.6 is 23.2 Å². The SMILES string of the molecule is CC(=O)OC[C@H]1O[C@H]2C[C@H](Nc3cc(Cl)cc(Cl)c32)[C@@H]1OC(C)=O. The molecule has 8 heteroatoms. The molecule has 0 spiro atoms. The monoisotopic (exact) mass is 373 g/mol. The number of fused-ring (bicyclic) bond motifs is 4. The highest BCUT2D eigenvalue weighted by Crippen LogP contribution is 2.46. The van der Waals surface area contributed by atoms with E-state index in [1.165, 1.54) is 13.8 Å². The van der Waals surface area contributed by atoms with Gasteiger partial charge in [0.1, 0.15) is 12.7 Å². The predicted octanol–water partition coefficient (Wildman–Crippen LogP) is 3.11. The van der Waals surface area contributed by atoms with Gasteiger partial charge in [-0.25, -0.2) is 0 Å². The molecule has 1 aromatic carbocycles. The molecule has 1 fully saturated rings.